The van der Waals surface area contributed by atoms with Crippen LogP contribution in [0, 0.1) is 0 Å². The summed E-state index contributed by atoms with van der Waals surface area (Å²) < 4.78 is 4.76. The first-order chi connectivity index (χ1) is 7.20. The Hall–Kier alpha value is -1.10. The van der Waals surface area contributed by atoms with Crippen LogP contribution >= 0.6 is 0 Å². The second-order valence-electron chi connectivity index (χ2n) is 3.24. The van der Waals surface area contributed by atoms with E-state index in [9.17, 15) is 9.59 Å². The topological polar surface area (TPSA) is 72.8 Å². The third kappa shape index (κ3) is 9.21. The van der Waals surface area contributed by atoms with Crippen molar-refractivity contribution in [2.24, 2.45) is 0 Å². The highest BCUT2D eigenvalue weighted by atomic mass is 17.1. The standard InChI is InChI=1S/C6H10O2.C4H8O3/c7-6-4-2-1-3-5-8-6;1-2-3-4(5)7-6/h1-5H2;6H,2-3H2,1H3. The van der Waals surface area contributed by atoms with E-state index >= 15 is 0 Å². The molecule has 1 heterocycles. The second kappa shape index (κ2) is 9.45. The molecule has 15 heavy (non-hydrogen) atoms. The Balaban J connectivity index is 0.000000265. The zero-order valence-electron chi connectivity index (χ0n) is 9.03. The van der Waals surface area contributed by atoms with Crippen molar-refractivity contribution in [3.8, 4) is 0 Å². The molecule has 1 N–H and O–H groups in total. The Morgan fingerprint density at radius 3 is 2.73 bits per heavy atom. The molecule has 1 aliphatic heterocycles. The monoisotopic (exact) mass is 218 g/mol. The van der Waals surface area contributed by atoms with Gasteiger partial charge in [0.15, 0.2) is 0 Å². The fourth-order valence-corrected chi connectivity index (χ4v) is 1.06. The minimum Gasteiger partial charge on any atom is -0.466 e. The van der Waals surface area contributed by atoms with E-state index in [0.717, 1.165) is 19.3 Å². The maximum Gasteiger partial charge on any atom is 0.342 e. The van der Waals surface area contributed by atoms with Gasteiger partial charge in [-0.05, 0) is 25.7 Å². The lowest BCUT2D eigenvalue weighted by atomic mass is 10.2. The minimum absolute atomic E-state index is 0.0255. The van der Waals surface area contributed by atoms with Crippen molar-refractivity contribution in [1.82, 2.24) is 0 Å². The predicted octanol–water partition coefficient (Wildman–Crippen LogP) is 1.91. The van der Waals surface area contributed by atoms with E-state index in [0.29, 0.717) is 19.4 Å². The molecule has 1 aliphatic rings. The van der Waals surface area contributed by atoms with Crippen LogP contribution in [-0.2, 0) is 19.2 Å². The van der Waals surface area contributed by atoms with Crippen molar-refractivity contribution in [2.45, 2.75) is 45.4 Å². The van der Waals surface area contributed by atoms with Gasteiger partial charge in [-0.3, -0.25) is 4.79 Å². The van der Waals surface area contributed by atoms with Gasteiger partial charge in [-0.25, -0.2) is 4.79 Å². The van der Waals surface area contributed by atoms with Crippen molar-refractivity contribution in [3.05, 3.63) is 0 Å². The Bertz CT molecular complexity index is 180. The molecule has 0 saturated carbocycles. The minimum atomic E-state index is -0.567. The van der Waals surface area contributed by atoms with Crippen LogP contribution in [0.2, 0.25) is 0 Å². The number of hydrogen-bond acceptors (Lipinski definition) is 5. The molecule has 0 spiro atoms. The summed E-state index contributed by atoms with van der Waals surface area (Å²) in [4.78, 5) is 23.8. The van der Waals surface area contributed by atoms with E-state index in [1.807, 2.05) is 6.92 Å². The molecule has 0 aromatic heterocycles. The number of carbonyl (C=O) groups is 2. The first kappa shape index (κ1) is 13.9. The molecule has 5 nitrogen and oxygen atoms in total. The van der Waals surface area contributed by atoms with Crippen molar-refractivity contribution in [3.63, 3.8) is 0 Å². The molecule has 88 valence electrons. The van der Waals surface area contributed by atoms with Crippen LogP contribution in [0.3, 0.4) is 0 Å². The number of ether oxygens (including phenoxy) is 1. The number of esters is 1. The molecule has 0 unspecified atom stereocenters. The Labute approximate surface area is 89.3 Å². The third-order valence-corrected chi connectivity index (χ3v) is 1.84. The van der Waals surface area contributed by atoms with Crippen LogP contribution in [0.5, 0.6) is 0 Å². The summed E-state index contributed by atoms with van der Waals surface area (Å²) >= 11 is 0. The molecule has 0 radical (unpaired) electrons. The maximum atomic E-state index is 10.5. The highest BCUT2D eigenvalue weighted by molar-refractivity contribution is 5.69. The van der Waals surface area contributed by atoms with E-state index in [4.69, 9.17) is 9.99 Å². The molecular weight excluding hydrogens is 200 g/mol. The Kier molecular flexibility index (Phi) is 8.76. The zero-order valence-corrected chi connectivity index (χ0v) is 9.03. The van der Waals surface area contributed by atoms with Gasteiger partial charge in [-0.15, -0.1) is 0 Å². The first-order valence-corrected chi connectivity index (χ1v) is 5.20. The largest absolute Gasteiger partial charge is 0.466 e. The van der Waals surface area contributed by atoms with Gasteiger partial charge in [-0.2, -0.15) is 5.26 Å². The number of hydrogen-bond donors (Lipinski definition) is 1. The molecule has 0 atom stereocenters. The molecular formula is C10H18O5. The van der Waals surface area contributed by atoms with Crippen LogP contribution in [0.25, 0.3) is 0 Å². The van der Waals surface area contributed by atoms with Crippen molar-refractivity contribution in [2.75, 3.05) is 6.61 Å². The molecule has 0 aromatic rings. The number of rotatable bonds is 2. The molecule has 0 aromatic carbocycles. The molecule has 1 saturated heterocycles. The average molecular weight is 218 g/mol. The summed E-state index contributed by atoms with van der Waals surface area (Å²) in [6, 6.07) is 0. The lowest BCUT2D eigenvalue weighted by molar-refractivity contribution is -0.234. The fourth-order valence-electron chi connectivity index (χ4n) is 1.06. The van der Waals surface area contributed by atoms with Crippen molar-refractivity contribution < 1.29 is 24.5 Å². The highest BCUT2D eigenvalue weighted by Crippen LogP contribution is 2.06. The van der Waals surface area contributed by atoms with Gasteiger partial charge in [0.2, 0.25) is 0 Å². The Morgan fingerprint density at radius 2 is 2.20 bits per heavy atom. The number of carbonyl (C=O) groups excluding carboxylic acids is 2. The molecule has 1 fully saturated rings. The SMILES string of the molecule is CCCC(=O)OO.O=C1CCCCCO1. The van der Waals surface area contributed by atoms with Crippen LogP contribution in [0.4, 0.5) is 0 Å². The van der Waals surface area contributed by atoms with E-state index < -0.39 is 5.97 Å². The van der Waals surface area contributed by atoms with E-state index in [-0.39, 0.29) is 12.4 Å². The summed E-state index contributed by atoms with van der Waals surface area (Å²) in [5.41, 5.74) is 0. The van der Waals surface area contributed by atoms with Crippen LogP contribution in [-0.4, -0.2) is 23.8 Å². The molecule has 0 bridgehead atoms. The maximum absolute atomic E-state index is 10.5. The van der Waals surface area contributed by atoms with E-state index in [1.165, 1.54) is 0 Å². The molecule has 1 rings (SSSR count). The van der Waals surface area contributed by atoms with Crippen LogP contribution < -0.4 is 0 Å². The Morgan fingerprint density at radius 1 is 1.47 bits per heavy atom. The lowest BCUT2D eigenvalue weighted by Gasteiger charge is -1.93. The molecule has 5 heteroatoms. The highest BCUT2D eigenvalue weighted by Gasteiger charge is 2.05. The van der Waals surface area contributed by atoms with Crippen molar-refractivity contribution >= 4 is 11.9 Å². The van der Waals surface area contributed by atoms with E-state index in [1.54, 1.807) is 0 Å². The van der Waals surface area contributed by atoms with E-state index in [2.05, 4.69) is 4.89 Å². The summed E-state index contributed by atoms with van der Waals surface area (Å²) in [7, 11) is 0. The van der Waals surface area contributed by atoms with Crippen LogP contribution in [0.1, 0.15) is 45.4 Å². The number of cyclic esters (lactones) is 1. The fraction of sp³-hybridized carbons (Fsp3) is 0.800. The average Bonchev–Trinajstić information content (AvgIpc) is 2.47. The summed E-state index contributed by atoms with van der Waals surface area (Å²) in [5.74, 6) is -0.593. The quantitative estimate of drug-likeness (QED) is 0.435. The van der Waals surface area contributed by atoms with Gasteiger partial charge in [0, 0.05) is 12.8 Å². The van der Waals surface area contributed by atoms with Gasteiger partial charge < -0.3 is 9.62 Å². The first-order valence-electron chi connectivity index (χ1n) is 5.20. The molecule has 0 amide bonds. The normalized spacial score (nSPS) is 15.5. The van der Waals surface area contributed by atoms with Gasteiger partial charge in [0.05, 0.1) is 6.61 Å². The van der Waals surface area contributed by atoms with Crippen molar-refractivity contribution in [1.29, 1.82) is 0 Å². The van der Waals surface area contributed by atoms with Gasteiger partial charge in [0.25, 0.3) is 0 Å². The zero-order chi connectivity index (χ0) is 11.5. The summed E-state index contributed by atoms with van der Waals surface area (Å²) in [6.07, 6.45) is 4.83. The van der Waals surface area contributed by atoms with Gasteiger partial charge in [0.1, 0.15) is 0 Å². The molecule has 0 aliphatic carbocycles. The summed E-state index contributed by atoms with van der Waals surface area (Å²) in [5, 5.41) is 7.62. The second-order valence-corrected chi connectivity index (χ2v) is 3.24. The van der Waals surface area contributed by atoms with Gasteiger partial charge >= 0.3 is 11.9 Å². The lowest BCUT2D eigenvalue weighted by Crippen LogP contribution is -2.00. The summed E-state index contributed by atoms with van der Waals surface area (Å²) in [6.45, 7) is 2.47. The van der Waals surface area contributed by atoms with Gasteiger partial charge in [-0.1, -0.05) is 6.92 Å². The predicted molar refractivity (Wildman–Crippen MR) is 53.1 cm³/mol. The van der Waals surface area contributed by atoms with Crippen LogP contribution in [0.15, 0.2) is 0 Å². The third-order valence-electron chi connectivity index (χ3n) is 1.84. The smallest absolute Gasteiger partial charge is 0.342 e.